The maximum absolute atomic E-state index is 13.6. The Labute approximate surface area is 165 Å². The molecule has 6 nitrogen and oxygen atoms in total. The number of amidine groups is 1. The maximum atomic E-state index is 13.6. The van der Waals surface area contributed by atoms with E-state index in [0.717, 1.165) is 32.9 Å². The van der Waals surface area contributed by atoms with Gasteiger partial charge in [0.05, 0.1) is 11.2 Å². The number of hydrogen-bond donors (Lipinski definition) is 2. The fourth-order valence-electron chi connectivity index (χ4n) is 3.76. The summed E-state index contributed by atoms with van der Waals surface area (Å²) in [5.74, 6) is 0.502. The van der Waals surface area contributed by atoms with E-state index < -0.39 is 5.67 Å². The minimum Gasteiger partial charge on any atom is -0.348 e. The SMILES string of the molecule is CC1(F)CC(NC(=O)c2nsc3cc(NC4=NCc5cccnc54)ccc23)C1. The Hall–Kier alpha value is -2.87. The Balaban J connectivity index is 1.33. The molecule has 1 saturated carbocycles. The fraction of sp³-hybridized carbons (Fsp3) is 0.300. The van der Waals surface area contributed by atoms with Crippen molar-refractivity contribution in [2.45, 2.75) is 38.0 Å². The number of carbonyl (C=O) groups excluding carboxylic acids is 1. The summed E-state index contributed by atoms with van der Waals surface area (Å²) < 4.78 is 18.8. The zero-order valence-corrected chi connectivity index (χ0v) is 16.0. The van der Waals surface area contributed by atoms with Gasteiger partial charge in [-0.05, 0) is 42.7 Å². The second-order valence-corrected chi connectivity index (χ2v) is 8.34. The molecule has 0 atom stereocenters. The molecule has 0 unspecified atom stereocenters. The molecule has 2 aromatic heterocycles. The predicted octanol–water partition coefficient (Wildman–Crippen LogP) is 3.68. The van der Waals surface area contributed by atoms with Crippen LogP contribution in [-0.4, -0.2) is 32.8 Å². The van der Waals surface area contributed by atoms with E-state index in [4.69, 9.17) is 0 Å². The highest BCUT2D eigenvalue weighted by Crippen LogP contribution is 2.36. The summed E-state index contributed by atoms with van der Waals surface area (Å²) in [5, 5.41) is 6.98. The quantitative estimate of drug-likeness (QED) is 0.709. The lowest BCUT2D eigenvalue weighted by Gasteiger charge is -2.38. The van der Waals surface area contributed by atoms with Crippen LogP contribution in [0.2, 0.25) is 0 Å². The second-order valence-electron chi connectivity index (χ2n) is 7.54. The number of fused-ring (bicyclic) bond motifs is 2. The third kappa shape index (κ3) is 3.03. The maximum Gasteiger partial charge on any atom is 0.271 e. The number of amides is 1. The third-order valence-electron chi connectivity index (χ3n) is 5.15. The number of hydrogen-bond acceptors (Lipinski definition) is 6. The van der Waals surface area contributed by atoms with Crippen molar-refractivity contribution < 1.29 is 9.18 Å². The lowest BCUT2D eigenvalue weighted by Crippen LogP contribution is -2.51. The molecular weight excluding hydrogens is 377 g/mol. The minimum atomic E-state index is -1.17. The lowest BCUT2D eigenvalue weighted by molar-refractivity contribution is 0.0444. The van der Waals surface area contributed by atoms with E-state index in [2.05, 4.69) is 25.0 Å². The number of halogens is 1. The Morgan fingerprint density at radius 2 is 2.18 bits per heavy atom. The molecule has 3 aromatic rings. The summed E-state index contributed by atoms with van der Waals surface area (Å²) in [4.78, 5) is 21.4. The second kappa shape index (κ2) is 6.34. The zero-order valence-electron chi connectivity index (χ0n) is 15.2. The highest BCUT2D eigenvalue weighted by atomic mass is 32.1. The number of pyridine rings is 1. The van der Waals surface area contributed by atoms with Gasteiger partial charge in [0, 0.05) is 41.7 Å². The Morgan fingerprint density at radius 1 is 1.32 bits per heavy atom. The molecule has 0 saturated heterocycles. The number of rotatable bonds is 3. The number of nitrogens with zero attached hydrogens (tertiary/aromatic N) is 3. The number of anilines is 1. The van der Waals surface area contributed by atoms with E-state index in [-0.39, 0.29) is 11.9 Å². The van der Waals surface area contributed by atoms with Gasteiger partial charge in [-0.15, -0.1) is 0 Å². The van der Waals surface area contributed by atoms with Crippen LogP contribution >= 0.6 is 11.5 Å². The van der Waals surface area contributed by atoms with Crippen LogP contribution in [0.3, 0.4) is 0 Å². The van der Waals surface area contributed by atoms with Crippen LogP contribution in [0.15, 0.2) is 41.5 Å². The van der Waals surface area contributed by atoms with E-state index in [0.29, 0.717) is 25.1 Å². The largest absolute Gasteiger partial charge is 0.348 e. The molecule has 1 aliphatic carbocycles. The van der Waals surface area contributed by atoms with Gasteiger partial charge in [0.15, 0.2) is 5.84 Å². The van der Waals surface area contributed by atoms with Crippen LogP contribution in [-0.2, 0) is 6.54 Å². The summed E-state index contributed by atoms with van der Waals surface area (Å²) in [6.45, 7) is 2.18. The number of alkyl halides is 1. The number of benzene rings is 1. The first kappa shape index (κ1) is 17.2. The van der Waals surface area contributed by atoms with Crippen LogP contribution < -0.4 is 10.6 Å². The highest BCUT2D eigenvalue weighted by molar-refractivity contribution is 7.13. The minimum absolute atomic E-state index is 0.117. The van der Waals surface area contributed by atoms with Crippen LogP contribution in [0.4, 0.5) is 10.1 Å². The monoisotopic (exact) mass is 395 g/mol. The molecule has 5 rings (SSSR count). The van der Waals surface area contributed by atoms with Crippen molar-refractivity contribution in [3.05, 3.63) is 53.5 Å². The van der Waals surface area contributed by atoms with Crippen LogP contribution in [0.5, 0.6) is 0 Å². The van der Waals surface area contributed by atoms with Crippen LogP contribution in [0.25, 0.3) is 10.1 Å². The van der Waals surface area contributed by atoms with Gasteiger partial charge in [-0.2, -0.15) is 4.37 Å². The molecule has 1 aromatic carbocycles. The first-order chi connectivity index (χ1) is 13.5. The van der Waals surface area contributed by atoms with Gasteiger partial charge >= 0.3 is 0 Å². The molecule has 3 heterocycles. The molecule has 2 N–H and O–H groups in total. The van der Waals surface area contributed by atoms with Crippen molar-refractivity contribution >= 4 is 39.0 Å². The van der Waals surface area contributed by atoms with Gasteiger partial charge in [-0.1, -0.05) is 6.07 Å². The first-order valence-corrected chi connectivity index (χ1v) is 9.91. The molecule has 8 heteroatoms. The molecule has 1 amide bonds. The van der Waals surface area contributed by atoms with Gasteiger partial charge in [-0.3, -0.25) is 14.8 Å². The lowest BCUT2D eigenvalue weighted by atomic mass is 9.79. The summed E-state index contributed by atoms with van der Waals surface area (Å²) >= 11 is 1.27. The molecule has 2 aliphatic rings. The van der Waals surface area contributed by atoms with Crippen molar-refractivity contribution in [3.63, 3.8) is 0 Å². The Morgan fingerprint density at radius 3 is 3.00 bits per heavy atom. The topological polar surface area (TPSA) is 79.3 Å². The van der Waals surface area contributed by atoms with E-state index in [1.54, 1.807) is 13.1 Å². The van der Waals surface area contributed by atoms with E-state index >= 15 is 0 Å². The third-order valence-corrected chi connectivity index (χ3v) is 5.96. The molecule has 0 radical (unpaired) electrons. The first-order valence-electron chi connectivity index (χ1n) is 9.13. The fourth-order valence-corrected chi connectivity index (χ4v) is 4.57. The van der Waals surface area contributed by atoms with Crippen molar-refractivity contribution in [3.8, 4) is 0 Å². The molecule has 142 valence electrons. The van der Waals surface area contributed by atoms with Crippen LogP contribution in [0, 0.1) is 0 Å². The molecule has 1 aliphatic heterocycles. The van der Waals surface area contributed by atoms with Gasteiger partial charge in [0.25, 0.3) is 5.91 Å². The molecule has 0 spiro atoms. The molecule has 1 fully saturated rings. The Bertz CT molecular complexity index is 1110. The number of aliphatic imine (C=N–C) groups is 1. The van der Waals surface area contributed by atoms with Gasteiger partial charge < -0.3 is 10.6 Å². The summed E-state index contributed by atoms with van der Waals surface area (Å²) in [6.07, 6.45) is 2.46. The van der Waals surface area contributed by atoms with Crippen molar-refractivity contribution in [2.24, 2.45) is 4.99 Å². The molecule has 0 bridgehead atoms. The summed E-state index contributed by atoms with van der Waals surface area (Å²) in [5.41, 5.74) is 2.06. The average Bonchev–Trinajstić information content (AvgIpc) is 3.24. The molecular formula is C20H18FN5OS. The smallest absolute Gasteiger partial charge is 0.271 e. The van der Waals surface area contributed by atoms with Crippen LogP contribution in [0.1, 0.15) is 41.5 Å². The number of carbonyl (C=O) groups is 1. The number of aromatic nitrogens is 2. The van der Waals surface area contributed by atoms with Crippen molar-refractivity contribution in [2.75, 3.05) is 5.32 Å². The molecule has 28 heavy (non-hydrogen) atoms. The predicted molar refractivity (Wildman–Crippen MR) is 108 cm³/mol. The number of nitrogens with one attached hydrogen (secondary N) is 2. The van der Waals surface area contributed by atoms with E-state index in [1.807, 2.05) is 30.3 Å². The average molecular weight is 395 g/mol. The van der Waals surface area contributed by atoms with Gasteiger partial charge in [-0.25, -0.2) is 4.39 Å². The van der Waals surface area contributed by atoms with E-state index in [9.17, 15) is 9.18 Å². The summed E-state index contributed by atoms with van der Waals surface area (Å²) in [6, 6.07) is 9.54. The normalized spacial score (nSPS) is 23.1. The van der Waals surface area contributed by atoms with Gasteiger partial charge in [0.1, 0.15) is 17.1 Å². The van der Waals surface area contributed by atoms with Crippen molar-refractivity contribution in [1.29, 1.82) is 0 Å². The van der Waals surface area contributed by atoms with E-state index in [1.165, 1.54) is 11.5 Å². The van der Waals surface area contributed by atoms with Gasteiger partial charge in [0.2, 0.25) is 0 Å². The summed E-state index contributed by atoms with van der Waals surface area (Å²) in [7, 11) is 0. The zero-order chi connectivity index (χ0) is 19.3. The highest BCUT2D eigenvalue weighted by Gasteiger charge is 2.41. The van der Waals surface area contributed by atoms with Crippen molar-refractivity contribution in [1.82, 2.24) is 14.7 Å². The standard InChI is InChI=1S/C20H18FN5OS/c1-20(21)8-13(9-20)25-19(27)17-14-5-4-12(7-15(14)28-26-17)24-18-16-11(10-23-18)3-2-6-22-16/h2-7,13H,8-10H2,1H3,(H,23,24)(H,25,27). The Kier molecular flexibility index (Phi) is 3.90.